The fourth-order valence-electron chi connectivity index (χ4n) is 2.10. The molecule has 1 unspecified atom stereocenters. The maximum atomic E-state index is 14.0. The van der Waals surface area contributed by atoms with E-state index in [2.05, 4.69) is 21.2 Å². The Bertz CT molecular complexity index is 549. The van der Waals surface area contributed by atoms with E-state index in [1.807, 2.05) is 25.1 Å². The molecule has 100 valence electrons. The zero-order chi connectivity index (χ0) is 14.0. The van der Waals surface area contributed by atoms with Crippen molar-refractivity contribution in [2.75, 3.05) is 7.05 Å². The van der Waals surface area contributed by atoms with Crippen molar-refractivity contribution in [3.8, 4) is 0 Å². The van der Waals surface area contributed by atoms with E-state index in [1.54, 1.807) is 19.2 Å². The second-order valence-electron chi connectivity index (χ2n) is 4.41. The number of benzene rings is 2. The van der Waals surface area contributed by atoms with Crippen LogP contribution in [0, 0.1) is 12.7 Å². The standard InChI is InChI=1S/C15H14BrClFN/c1-9-3-6-14(18)12(7-9)15(19-2)11-8-10(16)4-5-13(11)17/h3-8,15,19H,1-2H3. The lowest BCUT2D eigenvalue weighted by molar-refractivity contribution is 0.575. The molecule has 0 saturated carbocycles. The second-order valence-corrected chi connectivity index (χ2v) is 5.74. The van der Waals surface area contributed by atoms with E-state index in [9.17, 15) is 4.39 Å². The first-order valence-corrected chi connectivity index (χ1v) is 7.08. The molecule has 0 aliphatic rings. The topological polar surface area (TPSA) is 12.0 Å². The molecular weight excluding hydrogens is 329 g/mol. The summed E-state index contributed by atoms with van der Waals surface area (Å²) in [6, 6.07) is 10.4. The van der Waals surface area contributed by atoms with Crippen LogP contribution in [0.4, 0.5) is 4.39 Å². The maximum Gasteiger partial charge on any atom is 0.128 e. The number of rotatable bonds is 3. The highest BCUT2D eigenvalue weighted by molar-refractivity contribution is 9.10. The largest absolute Gasteiger partial charge is 0.309 e. The van der Waals surface area contributed by atoms with Gasteiger partial charge in [-0.15, -0.1) is 0 Å². The van der Waals surface area contributed by atoms with E-state index in [0.29, 0.717) is 10.6 Å². The van der Waals surface area contributed by atoms with Gasteiger partial charge in [0.2, 0.25) is 0 Å². The predicted molar refractivity (Wildman–Crippen MR) is 81.2 cm³/mol. The van der Waals surface area contributed by atoms with Crippen LogP contribution in [0.2, 0.25) is 5.02 Å². The van der Waals surface area contributed by atoms with Gasteiger partial charge in [0.25, 0.3) is 0 Å². The average molecular weight is 343 g/mol. The average Bonchev–Trinajstić information content (AvgIpc) is 2.38. The number of halogens is 3. The number of nitrogens with one attached hydrogen (secondary N) is 1. The highest BCUT2D eigenvalue weighted by Crippen LogP contribution is 2.32. The molecule has 0 fully saturated rings. The molecule has 0 aromatic heterocycles. The van der Waals surface area contributed by atoms with E-state index >= 15 is 0 Å². The Morgan fingerprint density at radius 2 is 1.89 bits per heavy atom. The number of hydrogen-bond donors (Lipinski definition) is 1. The number of aryl methyl sites for hydroxylation is 1. The van der Waals surface area contributed by atoms with Crippen LogP contribution in [0.5, 0.6) is 0 Å². The van der Waals surface area contributed by atoms with Gasteiger partial charge in [-0.3, -0.25) is 0 Å². The zero-order valence-corrected chi connectivity index (χ0v) is 13.0. The van der Waals surface area contributed by atoms with Crippen LogP contribution in [0.3, 0.4) is 0 Å². The molecule has 0 heterocycles. The molecule has 1 atom stereocenters. The smallest absolute Gasteiger partial charge is 0.128 e. The van der Waals surface area contributed by atoms with Crippen molar-refractivity contribution in [1.82, 2.24) is 5.32 Å². The van der Waals surface area contributed by atoms with Crippen molar-refractivity contribution < 1.29 is 4.39 Å². The van der Waals surface area contributed by atoms with Crippen molar-refractivity contribution in [1.29, 1.82) is 0 Å². The summed E-state index contributed by atoms with van der Waals surface area (Å²) >= 11 is 9.65. The van der Waals surface area contributed by atoms with Gasteiger partial charge in [0.05, 0.1) is 6.04 Å². The van der Waals surface area contributed by atoms with Crippen molar-refractivity contribution in [3.63, 3.8) is 0 Å². The molecule has 0 radical (unpaired) electrons. The first-order chi connectivity index (χ1) is 9.02. The van der Waals surface area contributed by atoms with Crippen molar-refractivity contribution >= 4 is 27.5 Å². The van der Waals surface area contributed by atoms with Gasteiger partial charge in [-0.05, 0) is 43.8 Å². The third-order valence-corrected chi connectivity index (χ3v) is 3.86. The third kappa shape index (κ3) is 3.16. The molecule has 0 amide bonds. The minimum atomic E-state index is -0.273. The summed E-state index contributed by atoms with van der Waals surface area (Å²) in [5, 5.41) is 3.74. The first kappa shape index (κ1) is 14.5. The molecule has 4 heteroatoms. The molecule has 19 heavy (non-hydrogen) atoms. The second kappa shape index (κ2) is 6.04. The van der Waals surface area contributed by atoms with Crippen LogP contribution < -0.4 is 5.32 Å². The maximum absolute atomic E-state index is 14.0. The third-order valence-electron chi connectivity index (χ3n) is 3.02. The Labute approximate surface area is 125 Å². The monoisotopic (exact) mass is 341 g/mol. The van der Waals surface area contributed by atoms with Crippen molar-refractivity contribution in [2.24, 2.45) is 0 Å². The Morgan fingerprint density at radius 3 is 2.58 bits per heavy atom. The lowest BCUT2D eigenvalue weighted by Crippen LogP contribution is -2.19. The van der Waals surface area contributed by atoms with Crippen LogP contribution in [0.25, 0.3) is 0 Å². The molecule has 0 aliphatic carbocycles. The normalized spacial score (nSPS) is 12.5. The first-order valence-electron chi connectivity index (χ1n) is 5.91. The van der Waals surface area contributed by atoms with E-state index in [1.165, 1.54) is 6.07 Å². The van der Waals surface area contributed by atoms with Gasteiger partial charge in [0.15, 0.2) is 0 Å². The minimum absolute atomic E-state index is 0.235. The van der Waals surface area contributed by atoms with Crippen LogP contribution >= 0.6 is 27.5 Å². The van der Waals surface area contributed by atoms with Gasteiger partial charge in [-0.1, -0.05) is 45.2 Å². The summed E-state index contributed by atoms with van der Waals surface area (Å²) < 4.78 is 14.9. The van der Waals surface area contributed by atoms with Crippen LogP contribution in [0.15, 0.2) is 40.9 Å². The quantitative estimate of drug-likeness (QED) is 0.840. The van der Waals surface area contributed by atoms with Gasteiger partial charge in [-0.2, -0.15) is 0 Å². The lowest BCUT2D eigenvalue weighted by atomic mass is 9.97. The summed E-state index contributed by atoms with van der Waals surface area (Å²) in [4.78, 5) is 0. The summed E-state index contributed by atoms with van der Waals surface area (Å²) in [5.41, 5.74) is 2.47. The molecule has 1 N–H and O–H groups in total. The molecule has 2 aromatic carbocycles. The van der Waals surface area contributed by atoms with Crippen molar-refractivity contribution in [2.45, 2.75) is 13.0 Å². The molecule has 0 bridgehead atoms. The van der Waals surface area contributed by atoms with E-state index < -0.39 is 0 Å². The van der Waals surface area contributed by atoms with Crippen molar-refractivity contribution in [3.05, 3.63) is 68.4 Å². The summed E-state index contributed by atoms with van der Waals surface area (Å²) in [6.45, 7) is 1.94. The zero-order valence-electron chi connectivity index (χ0n) is 10.7. The van der Waals surface area contributed by atoms with Gasteiger partial charge in [0.1, 0.15) is 5.82 Å². The Kier molecular flexibility index (Phi) is 4.61. The Balaban J connectivity index is 2.55. The molecule has 2 rings (SSSR count). The van der Waals surface area contributed by atoms with Gasteiger partial charge in [0, 0.05) is 15.1 Å². The predicted octanol–water partition coefficient (Wildman–Crippen LogP) is 4.86. The molecular formula is C15H14BrClFN. The van der Waals surface area contributed by atoms with Gasteiger partial charge < -0.3 is 5.32 Å². The van der Waals surface area contributed by atoms with Crippen LogP contribution in [-0.4, -0.2) is 7.05 Å². The Morgan fingerprint density at radius 1 is 1.16 bits per heavy atom. The molecule has 0 spiro atoms. The summed E-state index contributed by atoms with van der Waals surface area (Å²) in [7, 11) is 1.80. The lowest BCUT2D eigenvalue weighted by Gasteiger charge is -2.20. The molecule has 0 saturated heterocycles. The van der Waals surface area contributed by atoms with E-state index in [-0.39, 0.29) is 11.9 Å². The van der Waals surface area contributed by atoms with E-state index in [4.69, 9.17) is 11.6 Å². The van der Waals surface area contributed by atoms with Crippen LogP contribution in [0.1, 0.15) is 22.7 Å². The fraction of sp³-hybridized carbons (Fsp3) is 0.200. The Hall–Kier alpha value is -0.900. The highest BCUT2D eigenvalue weighted by Gasteiger charge is 2.19. The molecule has 1 nitrogen and oxygen atoms in total. The summed E-state index contributed by atoms with van der Waals surface area (Å²) in [6.07, 6.45) is 0. The number of hydrogen-bond acceptors (Lipinski definition) is 1. The van der Waals surface area contributed by atoms with Crippen LogP contribution in [-0.2, 0) is 0 Å². The minimum Gasteiger partial charge on any atom is -0.309 e. The highest BCUT2D eigenvalue weighted by atomic mass is 79.9. The van der Waals surface area contributed by atoms with Gasteiger partial charge >= 0.3 is 0 Å². The fourth-order valence-corrected chi connectivity index (χ4v) is 2.70. The van der Waals surface area contributed by atoms with Gasteiger partial charge in [-0.25, -0.2) is 4.39 Å². The SMILES string of the molecule is CNC(c1cc(C)ccc1F)c1cc(Br)ccc1Cl. The molecule has 0 aliphatic heterocycles. The summed E-state index contributed by atoms with van der Waals surface area (Å²) in [5.74, 6) is -0.235. The van der Waals surface area contributed by atoms with E-state index in [0.717, 1.165) is 15.6 Å². The molecule has 2 aromatic rings.